The number of nitrogens with one attached hydrogen (secondary N) is 1. The van der Waals surface area contributed by atoms with Crippen LogP contribution in [-0.2, 0) is 4.79 Å². The number of benzene rings is 2. The molecule has 1 aliphatic heterocycles. The van der Waals surface area contributed by atoms with Gasteiger partial charge in [0.1, 0.15) is 10.3 Å². The van der Waals surface area contributed by atoms with E-state index < -0.39 is 0 Å². The first kappa shape index (κ1) is 19.9. The average Bonchev–Trinajstić information content (AvgIpc) is 2.77. The molecule has 0 bridgehead atoms. The quantitative estimate of drug-likeness (QED) is 0.316. The Labute approximate surface area is 189 Å². The van der Waals surface area contributed by atoms with Crippen molar-refractivity contribution < 1.29 is 4.79 Å². The largest absolute Gasteiger partial charge is 0.308 e. The number of carbonyl (C=O) groups is 1. The van der Waals surface area contributed by atoms with E-state index in [4.69, 9.17) is 23.2 Å². The number of pyridine rings is 2. The number of Topliss-reactive ketones (excluding diaryl/α,β-unsaturated/α-hetero) is 1. The highest BCUT2D eigenvalue weighted by molar-refractivity contribution is 6.32. The van der Waals surface area contributed by atoms with E-state index in [0.717, 1.165) is 32.9 Å². The lowest BCUT2D eigenvalue weighted by molar-refractivity contribution is -0.112. The summed E-state index contributed by atoms with van der Waals surface area (Å²) < 4.78 is 0. The van der Waals surface area contributed by atoms with Crippen LogP contribution in [-0.4, -0.2) is 28.8 Å². The summed E-state index contributed by atoms with van der Waals surface area (Å²) in [6.07, 6.45) is 3.62. The topological polar surface area (TPSA) is 54.9 Å². The minimum absolute atomic E-state index is 0.0350. The fraction of sp³-hybridized carbons (Fsp3) is 0.0800. The third-order valence-electron chi connectivity index (χ3n) is 5.28. The summed E-state index contributed by atoms with van der Waals surface area (Å²) in [6.45, 7) is 0.923. The van der Waals surface area contributed by atoms with E-state index in [1.165, 1.54) is 0 Å². The SMILES string of the molecule is O=C1/C(=C/c2cc3ccccc3nc2Cl)CNC/C1=C\c1cc2ccccc2nc1Cl. The lowest BCUT2D eigenvalue weighted by Crippen LogP contribution is -2.32. The van der Waals surface area contributed by atoms with Gasteiger partial charge in [-0.1, -0.05) is 59.6 Å². The number of piperidine rings is 1. The van der Waals surface area contributed by atoms with Crippen molar-refractivity contribution in [2.24, 2.45) is 0 Å². The van der Waals surface area contributed by atoms with Gasteiger partial charge in [-0.15, -0.1) is 0 Å². The minimum Gasteiger partial charge on any atom is -0.308 e. The van der Waals surface area contributed by atoms with Crippen LogP contribution in [0.4, 0.5) is 0 Å². The maximum atomic E-state index is 13.2. The third kappa shape index (κ3) is 3.98. The first-order chi connectivity index (χ1) is 15.1. The minimum atomic E-state index is -0.0350. The second-order valence-electron chi connectivity index (χ2n) is 7.39. The zero-order chi connectivity index (χ0) is 21.4. The highest BCUT2D eigenvalue weighted by Gasteiger charge is 2.21. The molecule has 152 valence electrons. The van der Waals surface area contributed by atoms with Crippen molar-refractivity contribution in [3.05, 3.63) is 93.2 Å². The van der Waals surface area contributed by atoms with Gasteiger partial charge in [0.2, 0.25) is 0 Å². The third-order valence-corrected chi connectivity index (χ3v) is 5.89. The molecular weight excluding hydrogens is 429 g/mol. The molecular formula is C25H17Cl2N3O. The maximum absolute atomic E-state index is 13.2. The molecule has 31 heavy (non-hydrogen) atoms. The molecule has 2 aromatic heterocycles. The van der Waals surface area contributed by atoms with Gasteiger partial charge in [0.25, 0.3) is 0 Å². The standard InChI is InChI=1S/C25H17Cl2N3O/c26-24-17(9-15-5-1-3-7-21(15)29-24)11-19-13-28-14-20(23(19)31)12-18-10-16-6-2-4-8-22(16)30-25(18)27/h1-12,28H,13-14H2/b19-11+,20-12+. The van der Waals surface area contributed by atoms with Gasteiger partial charge >= 0.3 is 0 Å². The zero-order valence-electron chi connectivity index (χ0n) is 16.4. The van der Waals surface area contributed by atoms with Crippen LogP contribution in [0.1, 0.15) is 11.1 Å². The van der Waals surface area contributed by atoms with Gasteiger partial charge in [0, 0.05) is 46.1 Å². The summed E-state index contributed by atoms with van der Waals surface area (Å²) in [5, 5.41) is 5.97. The Morgan fingerprint density at radius 3 is 1.68 bits per heavy atom. The van der Waals surface area contributed by atoms with Crippen molar-refractivity contribution in [3.63, 3.8) is 0 Å². The van der Waals surface area contributed by atoms with Crippen LogP contribution in [0.3, 0.4) is 0 Å². The molecule has 0 atom stereocenters. The molecule has 1 N–H and O–H groups in total. The van der Waals surface area contributed by atoms with Gasteiger partial charge in [-0.25, -0.2) is 9.97 Å². The fourth-order valence-corrected chi connectivity index (χ4v) is 4.13. The monoisotopic (exact) mass is 445 g/mol. The van der Waals surface area contributed by atoms with Crippen LogP contribution in [0.25, 0.3) is 34.0 Å². The number of hydrogen-bond acceptors (Lipinski definition) is 4. The van der Waals surface area contributed by atoms with Crippen molar-refractivity contribution in [3.8, 4) is 0 Å². The van der Waals surface area contributed by atoms with Gasteiger partial charge in [-0.2, -0.15) is 0 Å². The molecule has 0 spiro atoms. The van der Waals surface area contributed by atoms with Gasteiger partial charge in [0.15, 0.2) is 5.78 Å². The summed E-state index contributed by atoms with van der Waals surface area (Å²) in [6, 6.07) is 19.4. The number of carbonyl (C=O) groups excluding carboxylic acids is 1. The lowest BCUT2D eigenvalue weighted by atomic mass is 9.95. The molecule has 4 aromatic rings. The first-order valence-corrected chi connectivity index (χ1v) is 10.6. The molecule has 1 fully saturated rings. The van der Waals surface area contributed by atoms with E-state index in [9.17, 15) is 4.79 Å². The van der Waals surface area contributed by atoms with E-state index in [-0.39, 0.29) is 5.78 Å². The van der Waals surface area contributed by atoms with E-state index >= 15 is 0 Å². The van der Waals surface area contributed by atoms with Crippen LogP contribution >= 0.6 is 23.2 Å². The number of hydrogen-bond donors (Lipinski definition) is 1. The number of halogens is 2. The predicted molar refractivity (Wildman–Crippen MR) is 127 cm³/mol. The van der Waals surface area contributed by atoms with E-state index in [1.54, 1.807) is 0 Å². The van der Waals surface area contributed by atoms with Crippen molar-refractivity contribution >= 4 is 62.9 Å². The summed E-state index contributed by atoms with van der Waals surface area (Å²) in [5.41, 5.74) is 4.33. The molecule has 6 heteroatoms. The van der Waals surface area contributed by atoms with E-state index in [2.05, 4.69) is 15.3 Å². The lowest BCUT2D eigenvalue weighted by Gasteiger charge is -2.18. The number of ketones is 1. The van der Waals surface area contributed by atoms with Crippen molar-refractivity contribution in [2.75, 3.05) is 13.1 Å². The molecule has 5 rings (SSSR count). The van der Waals surface area contributed by atoms with Crippen LogP contribution in [0.2, 0.25) is 10.3 Å². The average molecular weight is 446 g/mol. The molecule has 0 radical (unpaired) electrons. The van der Waals surface area contributed by atoms with Gasteiger partial charge < -0.3 is 5.32 Å². The first-order valence-electron chi connectivity index (χ1n) is 9.85. The molecule has 0 saturated carbocycles. The molecule has 0 unspecified atom stereocenters. The van der Waals surface area contributed by atoms with Crippen LogP contribution in [0, 0.1) is 0 Å². The summed E-state index contributed by atoms with van der Waals surface area (Å²) in [4.78, 5) is 22.1. The highest BCUT2D eigenvalue weighted by Crippen LogP contribution is 2.26. The summed E-state index contributed by atoms with van der Waals surface area (Å²) >= 11 is 12.8. The molecule has 4 nitrogen and oxygen atoms in total. The Morgan fingerprint density at radius 1 is 0.742 bits per heavy atom. The molecule has 0 amide bonds. The Hall–Kier alpha value is -3.05. The number of aromatic nitrogens is 2. The summed E-state index contributed by atoms with van der Waals surface area (Å²) in [5.74, 6) is -0.0350. The molecule has 1 saturated heterocycles. The van der Waals surface area contributed by atoms with Crippen molar-refractivity contribution in [1.82, 2.24) is 15.3 Å². The normalized spacial score (nSPS) is 17.2. The fourth-order valence-electron chi connectivity index (χ4n) is 3.73. The van der Waals surface area contributed by atoms with Gasteiger partial charge in [-0.05, 0) is 36.4 Å². The predicted octanol–water partition coefficient (Wildman–Crippen LogP) is 5.73. The number of para-hydroxylation sites is 2. The number of rotatable bonds is 2. The van der Waals surface area contributed by atoms with Crippen molar-refractivity contribution in [2.45, 2.75) is 0 Å². The highest BCUT2D eigenvalue weighted by atomic mass is 35.5. The second kappa shape index (κ2) is 8.23. The Balaban J connectivity index is 1.52. The molecule has 0 aliphatic carbocycles. The van der Waals surface area contributed by atoms with Crippen LogP contribution < -0.4 is 5.32 Å². The maximum Gasteiger partial charge on any atom is 0.187 e. The molecule has 1 aliphatic rings. The molecule has 3 heterocycles. The van der Waals surface area contributed by atoms with Crippen LogP contribution in [0.15, 0.2) is 71.8 Å². The van der Waals surface area contributed by atoms with E-state index in [1.807, 2.05) is 72.8 Å². The second-order valence-corrected chi connectivity index (χ2v) is 8.11. The Kier molecular flexibility index (Phi) is 5.28. The smallest absolute Gasteiger partial charge is 0.187 e. The van der Waals surface area contributed by atoms with Gasteiger partial charge in [-0.3, -0.25) is 4.79 Å². The zero-order valence-corrected chi connectivity index (χ0v) is 17.9. The Morgan fingerprint density at radius 2 is 1.19 bits per heavy atom. The van der Waals surface area contributed by atoms with E-state index in [0.29, 0.717) is 34.5 Å². The number of fused-ring (bicyclic) bond motifs is 2. The Bertz CT molecular complexity index is 1300. The molecule has 2 aromatic carbocycles. The van der Waals surface area contributed by atoms with Crippen molar-refractivity contribution in [1.29, 1.82) is 0 Å². The summed E-state index contributed by atoms with van der Waals surface area (Å²) in [7, 11) is 0. The number of nitrogens with zero attached hydrogens (tertiary/aromatic N) is 2. The van der Waals surface area contributed by atoms with Gasteiger partial charge in [0.05, 0.1) is 11.0 Å². The van der Waals surface area contributed by atoms with Crippen LogP contribution in [0.5, 0.6) is 0 Å².